The predicted molar refractivity (Wildman–Crippen MR) is 58.4 cm³/mol. The highest BCUT2D eigenvalue weighted by Gasteiger charge is 2.07. The molecule has 72 valence electrons. The average molecular weight is 187 g/mol. The highest BCUT2D eigenvalue weighted by Crippen LogP contribution is 2.30. The van der Waals surface area contributed by atoms with E-state index in [1.165, 1.54) is 5.56 Å². The van der Waals surface area contributed by atoms with E-state index < -0.39 is 0 Å². The molecule has 0 atom stereocenters. The lowest BCUT2D eigenvalue weighted by Gasteiger charge is -2.09. The first-order valence-corrected chi connectivity index (χ1v) is 4.64. The van der Waals surface area contributed by atoms with Crippen LogP contribution in [0.25, 0.3) is 11.3 Å². The van der Waals surface area contributed by atoms with Crippen molar-refractivity contribution in [2.75, 3.05) is 12.4 Å². The molecule has 2 aromatic rings. The Kier molecular flexibility index (Phi) is 2.27. The number of furan rings is 1. The summed E-state index contributed by atoms with van der Waals surface area (Å²) in [5.41, 5.74) is 3.46. The smallest absolute Gasteiger partial charge is 0.135 e. The van der Waals surface area contributed by atoms with Crippen molar-refractivity contribution in [2.45, 2.75) is 6.92 Å². The average Bonchev–Trinajstić information content (AvgIpc) is 2.70. The van der Waals surface area contributed by atoms with Crippen LogP contribution in [-0.4, -0.2) is 7.05 Å². The molecule has 2 nitrogen and oxygen atoms in total. The van der Waals surface area contributed by atoms with Gasteiger partial charge in [-0.15, -0.1) is 0 Å². The topological polar surface area (TPSA) is 25.2 Å². The highest BCUT2D eigenvalue weighted by atomic mass is 16.3. The lowest BCUT2D eigenvalue weighted by Crippen LogP contribution is -1.94. The second-order valence-corrected chi connectivity index (χ2v) is 3.22. The number of rotatable bonds is 2. The van der Waals surface area contributed by atoms with E-state index in [0.29, 0.717) is 0 Å². The molecule has 1 aromatic carbocycles. The van der Waals surface area contributed by atoms with Gasteiger partial charge in [-0.05, 0) is 30.7 Å². The molecule has 0 amide bonds. The minimum atomic E-state index is 0.901. The number of hydrogen-bond acceptors (Lipinski definition) is 2. The third-order valence-corrected chi connectivity index (χ3v) is 2.31. The van der Waals surface area contributed by atoms with Crippen molar-refractivity contribution in [3.05, 3.63) is 42.2 Å². The van der Waals surface area contributed by atoms with Gasteiger partial charge in [-0.25, -0.2) is 0 Å². The standard InChI is InChI=1S/C12H13NO/c1-9-5-3-6-10(12(9)13-2)11-7-4-8-14-11/h3-8,13H,1-2H3. The third-order valence-electron chi connectivity index (χ3n) is 2.31. The molecule has 14 heavy (non-hydrogen) atoms. The zero-order valence-corrected chi connectivity index (χ0v) is 8.37. The molecule has 0 aliphatic carbocycles. The normalized spacial score (nSPS) is 10.1. The summed E-state index contributed by atoms with van der Waals surface area (Å²) in [6.07, 6.45) is 1.69. The Balaban J connectivity index is 2.58. The molecule has 0 aliphatic heterocycles. The largest absolute Gasteiger partial charge is 0.464 e. The summed E-state index contributed by atoms with van der Waals surface area (Å²) in [5.74, 6) is 0.901. The quantitative estimate of drug-likeness (QED) is 0.780. The van der Waals surface area contributed by atoms with Gasteiger partial charge < -0.3 is 9.73 Å². The molecule has 0 spiro atoms. The molecule has 0 fully saturated rings. The van der Waals surface area contributed by atoms with E-state index in [-0.39, 0.29) is 0 Å². The molecule has 1 aromatic heterocycles. The van der Waals surface area contributed by atoms with Gasteiger partial charge in [-0.2, -0.15) is 0 Å². The zero-order chi connectivity index (χ0) is 9.97. The first kappa shape index (κ1) is 8.88. The Labute approximate surface area is 83.6 Å². The fourth-order valence-corrected chi connectivity index (χ4v) is 1.64. The Bertz CT molecular complexity index is 418. The second-order valence-electron chi connectivity index (χ2n) is 3.22. The van der Waals surface area contributed by atoms with Crippen LogP contribution < -0.4 is 5.32 Å². The minimum absolute atomic E-state index is 0.901. The Morgan fingerprint density at radius 2 is 2.00 bits per heavy atom. The van der Waals surface area contributed by atoms with E-state index >= 15 is 0 Å². The molecular weight excluding hydrogens is 174 g/mol. The number of anilines is 1. The Hall–Kier alpha value is -1.70. The van der Waals surface area contributed by atoms with E-state index in [1.807, 2.05) is 25.2 Å². The minimum Gasteiger partial charge on any atom is -0.464 e. The Morgan fingerprint density at radius 3 is 2.64 bits per heavy atom. The monoisotopic (exact) mass is 187 g/mol. The van der Waals surface area contributed by atoms with E-state index in [2.05, 4.69) is 24.4 Å². The number of benzene rings is 1. The van der Waals surface area contributed by atoms with Gasteiger partial charge in [0, 0.05) is 18.3 Å². The van der Waals surface area contributed by atoms with Gasteiger partial charge in [-0.1, -0.05) is 12.1 Å². The fraction of sp³-hybridized carbons (Fsp3) is 0.167. The van der Waals surface area contributed by atoms with Gasteiger partial charge in [0.05, 0.1) is 6.26 Å². The maximum atomic E-state index is 5.38. The van der Waals surface area contributed by atoms with E-state index in [9.17, 15) is 0 Å². The summed E-state index contributed by atoms with van der Waals surface area (Å²) in [4.78, 5) is 0. The van der Waals surface area contributed by atoms with Crippen LogP contribution in [0, 0.1) is 6.92 Å². The number of aryl methyl sites for hydroxylation is 1. The van der Waals surface area contributed by atoms with Crippen LogP contribution in [0.4, 0.5) is 5.69 Å². The molecule has 0 unspecified atom stereocenters. The van der Waals surface area contributed by atoms with Crippen LogP contribution in [-0.2, 0) is 0 Å². The van der Waals surface area contributed by atoms with E-state index in [1.54, 1.807) is 6.26 Å². The van der Waals surface area contributed by atoms with Crippen LogP contribution in [0.3, 0.4) is 0 Å². The molecule has 0 saturated carbocycles. The van der Waals surface area contributed by atoms with E-state index in [4.69, 9.17) is 4.42 Å². The SMILES string of the molecule is CNc1c(C)cccc1-c1ccco1. The summed E-state index contributed by atoms with van der Waals surface area (Å²) in [6.45, 7) is 2.08. The van der Waals surface area contributed by atoms with Crippen LogP contribution in [0.2, 0.25) is 0 Å². The maximum Gasteiger partial charge on any atom is 0.135 e. The summed E-state index contributed by atoms with van der Waals surface area (Å²) in [6, 6.07) is 10.0. The number of hydrogen-bond donors (Lipinski definition) is 1. The first-order chi connectivity index (χ1) is 6.83. The molecule has 1 N–H and O–H groups in total. The lowest BCUT2D eigenvalue weighted by molar-refractivity contribution is 0.582. The summed E-state index contributed by atoms with van der Waals surface area (Å²) in [7, 11) is 1.93. The van der Waals surface area contributed by atoms with Gasteiger partial charge in [0.1, 0.15) is 5.76 Å². The van der Waals surface area contributed by atoms with Gasteiger partial charge in [-0.3, -0.25) is 0 Å². The summed E-state index contributed by atoms with van der Waals surface area (Å²) >= 11 is 0. The van der Waals surface area contributed by atoms with Gasteiger partial charge in [0.2, 0.25) is 0 Å². The number of nitrogens with one attached hydrogen (secondary N) is 1. The van der Waals surface area contributed by atoms with Crippen molar-refractivity contribution in [1.82, 2.24) is 0 Å². The zero-order valence-electron chi connectivity index (χ0n) is 8.37. The van der Waals surface area contributed by atoms with Crippen molar-refractivity contribution in [3.8, 4) is 11.3 Å². The lowest BCUT2D eigenvalue weighted by atomic mass is 10.1. The van der Waals surface area contributed by atoms with Crippen LogP contribution in [0.1, 0.15) is 5.56 Å². The van der Waals surface area contributed by atoms with Crippen LogP contribution in [0.5, 0.6) is 0 Å². The molecule has 1 heterocycles. The first-order valence-electron chi connectivity index (χ1n) is 4.64. The summed E-state index contributed by atoms with van der Waals surface area (Å²) < 4.78 is 5.38. The molecule has 0 bridgehead atoms. The van der Waals surface area contributed by atoms with Gasteiger partial charge in [0.15, 0.2) is 0 Å². The maximum absolute atomic E-state index is 5.38. The molecule has 2 rings (SSSR count). The van der Waals surface area contributed by atoms with Crippen molar-refractivity contribution < 1.29 is 4.42 Å². The molecular formula is C12H13NO. The van der Waals surface area contributed by atoms with Crippen molar-refractivity contribution in [1.29, 1.82) is 0 Å². The van der Waals surface area contributed by atoms with Gasteiger partial charge in [0.25, 0.3) is 0 Å². The van der Waals surface area contributed by atoms with E-state index in [0.717, 1.165) is 17.0 Å². The number of para-hydroxylation sites is 1. The van der Waals surface area contributed by atoms with Crippen molar-refractivity contribution in [2.24, 2.45) is 0 Å². The molecule has 0 saturated heterocycles. The van der Waals surface area contributed by atoms with Crippen LogP contribution in [0.15, 0.2) is 41.0 Å². The second kappa shape index (κ2) is 3.58. The third kappa shape index (κ3) is 1.39. The van der Waals surface area contributed by atoms with Gasteiger partial charge >= 0.3 is 0 Å². The fourth-order valence-electron chi connectivity index (χ4n) is 1.64. The van der Waals surface area contributed by atoms with Crippen molar-refractivity contribution >= 4 is 5.69 Å². The molecule has 2 heteroatoms. The Morgan fingerprint density at radius 1 is 1.14 bits per heavy atom. The van der Waals surface area contributed by atoms with Crippen LogP contribution >= 0.6 is 0 Å². The highest BCUT2D eigenvalue weighted by molar-refractivity contribution is 5.76. The summed E-state index contributed by atoms with van der Waals surface area (Å²) in [5, 5.41) is 3.19. The molecule has 0 aliphatic rings. The molecule has 0 radical (unpaired) electrons. The predicted octanol–water partition coefficient (Wildman–Crippen LogP) is 3.30. The van der Waals surface area contributed by atoms with Crippen molar-refractivity contribution in [3.63, 3.8) is 0 Å².